The van der Waals surface area contributed by atoms with E-state index in [-0.39, 0.29) is 5.92 Å². The highest BCUT2D eigenvalue weighted by molar-refractivity contribution is 5.90. The second kappa shape index (κ2) is 3.99. The number of carbonyl (C=O) groups is 1. The van der Waals surface area contributed by atoms with Crippen LogP contribution in [0.1, 0.15) is 31.2 Å². The molecule has 86 valence electrons. The monoisotopic (exact) mass is 224 g/mol. The Morgan fingerprint density at radius 3 is 2.59 bits per heavy atom. The van der Waals surface area contributed by atoms with E-state index in [2.05, 4.69) is 49.4 Å². The predicted molar refractivity (Wildman–Crippen MR) is 70.1 cm³/mol. The molecular formula is C16H16O. The molecule has 0 bridgehead atoms. The number of carbonyl (C=O) groups excluding carboxylic acids is 1. The molecule has 0 heterocycles. The summed E-state index contributed by atoms with van der Waals surface area (Å²) in [6.07, 6.45) is 1.70. The van der Waals surface area contributed by atoms with Crippen LogP contribution in [0.5, 0.6) is 0 Å². The van der Waals surface area contributed by atoms with Crippen LogP contribution in [0.2, 0.25) is 0 Å². The van der Waals surface area contributed by atoms with Crippen molar-refractivity contribution < 1.29 is 4.79 Å². The van der Waals surface area contributed by atoms with Gasteiger partial charge in [-0.1, -0.05) is 49.4 Å². The highest BCUT2D eigenvalue weighted by Gasteiger charge is 2.38. The van der Waals surface area contributed by atoms with Crippen LogP contribution in [0.3, 0.4) is 0 Å². The third-order valence-electron chi connectivity index (χ3n) is 3.96. The first-order valence-electron chi connectivity index (χ1n) is 6.31. The summed E-state index contributed by atoms with van der Waals surface area (Å²) in [5.41, 5.74) is 1.33. The highest BCUT2D eigenvalue weighted by Crippen LogP contribution is 2.42. The average Bonchev–Trinajstić information content (AvgIpc) is 2.36. The number of hydrogen-bond acceptors (Lipinski definition) is 1. The van der Waals surface area contributed by atoms with Crippen molar-refractivity contribution in [2.24, 2.45) is 5.92 Å². The number of fused-ring (bicyclic) bond motifs is 1. The number of Topliss-reactive ketones (excluding diaryl/α,β-unsaturated/α-hetero) is 1. The largest absolute Gasteiger partial charge is 0.299 e. The first-order chi connectivity index (χ1) is 8.29. The zero-order valence-corrected chi connectivity index (χ0v) is 10.0. The Hall–Kier alpha value is -1.63. The fourth-order valence-electron chi connectivity index (χ4n) is 2.88. The van der Waals surface area contributed by atoms with Crippen molar-refractivity contribution in [3.05, 3.63) is 48.0 Å². The molecule has 17 heavy (non-hydrogen) atoms. The van der Waals surface area contributed by atoms with Gasteiger partial charge < -0.3 is 0 Å². The summed E-state index contributed by atoms with van der Waals surface area (Å²) in [6.45, 7) is 2.11. The Bertz CT molecular complexity index is 571. The Labute approximate surface area is 101 Å². The lowest BCUT2D eigenvalue weighted by Gasteiger charge is -2.34. The Kier molecular flexibility index (Phi) is 2.47. The van der Waals surface area contributed by atoms with E-state index in [4.69, 9.17) is 0 Å². The van der Waals surface area contributed by atoms with Crippen LogP contribution in [-0.2, 0) is 4.79 Å². The number of benzene rings is 2. The third-order valence-corrected chi connectivity index (χ3v) is 3.96. The van der Waals surface area contributed by atoms with Crippen LogP contribution < -0.4 is 0 Å². The van der Waals surface area contributed by atoms with E-state index in [1.807, 2.05) is 0 Å². The van der Waals surface area contributed by atoms with Crippen LogP contribution in [0.15, 0.2) is 42.5 Å². The van der Waals surface area contributed by atoms with E-state index in [0.717, 1.165) is 12.8 Å². The van der Waals surface area contributed by atoms with Gasteiger partial charge in [-0.15, -0.1) is 0 Å². The fraction of sp³-hybridized carbons (Fsp3) is 0.312. The Morgan fingerprint density at radius 1 is 1.12 bits per heavy atom. The van der Waals surface area contributed by atoms with Crippen LogP contribution in [0.4, 0.5) is 0 Å². The van der Waals surface area contributed by atoms with Gasteiger partial charge >= 0.3 is 0 Å². The average molecular weight is 224 g/mol. The van der Waals surface area contributed by atoms with Crippen molar-refractivity contribution in [2.75, 3.05) is 0 Å². The van der Waals surface area contributed by atoms with Crippen molar-refractivity contribution >= 4 is 16.6 Å². The molecule has 2 aromatic carbocycles. The van der Waals surface area contributed by atoms with Crippen LogP contribution >= 0.6 is 0 Å². The molecular weight excluding hydrogens is 208 g/mol. The minimum Gasteiger partial charge on any atom is -0.299 e. The SMILES string of the molecule is CCC1C(=O)CC1c1ccc2ccccc2c1. The summed E-state index contributed by atoms with van der Waals surface area (Å²) in [7, 11) is 0. The van der Waals surface area contributed by atoms with Crippen molar-refractivity contribution in [1.29, 1.82) is 0 Å². The molecule has 2 atom stereocenters. The van der Waals surface area contributed by atoms with E-state index in [1.165, 1.54) is 16.3 Å². The zero-order valence-electron chi connectivity index (χ0n) is 10.0. The van der Waals surface area contributed by atoms with Gasteiger partial charge in [0.25, 0.3) is 0 Å². The smallest absolute Gasteiger partial charge is 0.137 e. The molecule has 1 nitrogen and oxygen atoms in total. The summed E-state index contributed by atoms with van der Waals surface area (Å²) >= 11 is 0. The minimum atomic E-state index is 0.260. The summed E-state index contributed by atoms with van der Waals surface area (Å²) in [5, 5.41) is 2.55. The maximum absolute atomic E-state index is 11.5. The summed E-state index contributed by atoms with van der Waals surface area (Å²) in [4.78, 5) is 11.5. The quantitative estimate of drug-likeness (QED) is 0.755. The standard InChI is InChI=1S/C16H16O/c1-2-14-15(10-16(14)17)13-8-7-11-5-3-4-6-12(11)9-13/h3-9,14-15H,2,10H2,1H3. The van der Waals surface area contributed by atoms with Gasteiger partial charge in [0.2, 0.25) is 0 Å². The lowest BCUT2D eigenvalue weighted by molar-refractivity contribution is -0.131. The molecule has 0 amide bonds. The van der Waals surface area contributed by atoms with Crippen LogP contribution in [0, 0.1) is 5.92 Å². The molecule has 1 fully saturated rings. The van der Waals surface area contributed by atoms with Crippen molar-refractivity contribution in [1.82, 2.24) is 0 Å². The van der Waals surface area contributed by atoms with Crippen molar-refractivity contribution in [2.45, 2.75) is 25.7 Å². The molecule has 3 rings (SSSR count). The molecule has 2 aromatic rings. The van der Waals surface area contributed by atoms with Gasteiger partial charge in [0.15, 0.2) is 0 Å². The second-order valence-corrected chi connectivity index (χ2v) is 4.90. The lowest BCUT2D eigenvalue weighted by atomic mass is 9.67. The molecule has 0 saturated heterocycles. The van der Waals surface area contributed by atoms with Crippen LogP contribution in [-0.4, -0.2) is 5.78 Å². The third kappa shape index (κ3) is 1.66. The maximum atomic E-state index is 11.5. The van der Waals surface area contributed by atoms with Crippen molar-refractivity contribution in [3.63, 3.8) is 0 Å². The summed E-state index contributed by atoms with van der Waals surface area (Å²) < 4.78 is 0. The van der Waals surface area contributed by atoms with Gasteiger partial charge in [-0.2, -0.15) is 0 Å². The van der Waals surface area contributed by atoms with E-state index >= 15 is 0 Å². The van der Waals surface area contributed by atoms with E-state index in [9.17, 15) is 4.79 Å². The van der Waals surface area contributed by atoms with E-state index in [0.29, 0.717) is 11.7 Å². The molecule has 1 aliphatic rings. The number of hydrogen-bond donors (Lipinski definition) is 0. The first-order valence-corrected chi connectivity index (χ1v) is 6.31. The van der Waals surface area contributed by atoms with E-state index in [1.54, 1.807) is 0 Å². The molecule has 0 aromatic heterocycles. The first kappa shape index (κ1) is 10.5. The van der Waals surface area contributed by atoms with E-state index < -0.39 is 0 Å². The maximum Gasteiger partial charge on any atom is 0.137 e. The number of ketones is 1. The second-order valence-electron chi connectivity index (χ2n) is 4.90. The zero-order chi connectivity index (χ0) is 11.8. The van der Waals surface area contributed by atoms with Gasteiger partial charge in [0.05, 0.1) is 0 Å². The highest BCUT2D eigenvalue weighted by atomic mass is 16.1. The van der Waals surface area contributed by atoms with Crippen LogP contribution in [0.25, 0.3) is 10.8 Å². The van der Waals surface area contributed by atoms with Gasteiger partial charge in [-0.25, -0.2) is 0 Å². The molecule has 2 unspecified atom stereocenters. The lowest BCUT2D eigenvalue weighted by Crippen LogP contribution is -2.34. The van der Waals surface area contributed by atoms with Gasteiger partial charge in [0, 0.05) is 18.3 Å². The summed E-state index contributed by atoms with van der Waals surface area (Å²) in [6, 6.07) is 15.0. The molecule has 1 aliphatic carbocycles. The molecule has 0 spiro atoms. The van der Waals surface area contributed by atoms with Gasteiger partial charge in [-0.05, 0) is 22.8 Å². The molecule has 0 N–H and O–H groups in total. The normalized spacial score (nSPS) is 23.7. The molecule has 0 aliphatic heterocycles. The Balaban J connectivity index is 1.99. The predicted octanol–water partition coefficient (Wildman–Crippen LogP) is 3.92. The molecule has 1 heteroatoms. The van der Waals surface area contributed by atoms with Crippen molar-refractivity contribution in [3.8, 4) is 0 Å². The fourth-order valence-corrected chi connectivity index (χ4v) is 2.88. The summed E-state index contributed by atoms with van der Waals surface area (Å²) in [5.74, 6) is 1.15. The minimum absolute atomic E-state index is 0.260. The van der Waals surface area contributed by atoms with Gasteiger partial charge in [-0.3, -0.25) is 4.79 Å². The Morgan fingerprint density at radius 2 is 1.88 bits per heavy atom. The van der Waals surface area contributed by atoms with Gasteiger partial charge in [0.1, 0.15) is 5.78 Å². The topological polar surface area (TPSA) is 17.1 Å². The number of rotatable bonds is 2. The molecule has 0 radical (unpaired) electrons. The molecule has 1 saturated carbocycles.